The lowest BCUT2D eigenvalue weighted by atomic mass is 10.2. The van der Waals surface area contributed by atoms with E-state index < -0.39 is 5.97 Å². The van der Waals surface area contributed by atoms with E-state index in [1.165, 1.54) is 12.5 Å². The van der Waals surface area contributed by atoms with Gasteiger partial charge in [-0.15, -0.1) is 0 Å². The molecule has 0 saturated heterocycles. The smallest absolute Gasteiger partial charge is 0.356 e. The van der Waals surface area contributed by atoms with Gasteiger partial charge in [-0.2, -0.15) is 0 Å². The summed E-state index contributed by atoms with van der Waals surface area (Å²) in [6.07, 6.45) is 2.96. The molecule has 1 aromatic carbocycles. The highest BCUT2D eigenvalue weighted by Gasteiger charge is 2.07. The molecule has 2 rings (SSSR count). The monoisotopic (exact) mass is 236 g/mol. The van der Waals surface area contributed by atoms with Crippen LogP contribution in [0, 0.1) is 0 Å². The van der Waals surface area contributed by atoms with Crippen LogP contribution >= 0.6 is 11.6 Å². The van der Waals surface area contributed by atoms with E-state index in [0.29, 0.717) is 11.6 Å². The minimum atomic E-state index is -1.03. The highest BCUT2D eigenvalue weighted by Crippen LogP contribution is 2.16. The molecule has 0 aliphatic rings. The SMILES string of the molecule is O=C(O)c1cn(Cc2ccccc2Cl)cn1. The molecule has 1 N–H and O–H groups in total. The summed E-state index contributed by atoms with van der Waals surface area (Å²) in [6, 6.07) is 7.42. The predicted molar refractivity (Wildman–Crippen MR) is 59.7 cm³/mol. The summed E-state index contributed by atoms with van der Waals surface area (Å²) in [5, 5.41) is 9.38. The lowest BCUT2D eigenvalue weighted by Gasteiger charge is -2.03. The summed E-state index contributed by atoms with van der Waals surface area (Å²) in [6.45, 7) is 0.514. The number of carbonyl (C=O) groups is 1. The lowest BCUT2D eigenvalue weighted by molar-refractivity contribution is 0.0691. The van der Waals surface area contributed by atoms with Crippen molar-refractivity contribution in [2.75, 3.05) is 0 Å². The highest BCUT2D eigenvalue weighted by molar-refractivity contribution is 6.31. The third-order valence-corrected chi connectivity index (χ3v) is 2.53. The molecule has 4 nitrogen and oxygen atoms in total. The molecule has 0 atom stereocenters. The largest absolute Gasteiger partial charge is 0.476 e. The van der Waals surface area contributed by atoms with E-state index in [4.69, 9.17) is 16.7 Å². The maximum atomic E-state index is 10.6. The third-order valence-electron chi connectivity index (χ3n) is 2.16. The van der Waals surface area contributed by atoms with Crippen LogP contribution in [-0.4, -0.2) is 20.6 Å². The molecule has 0 aliphatic heterocycles. The van der Waals surface area contributed by atoms with Crippen molar-refractivity contribution in [3.8, 4) is 0 Å². The first-order valence-electron chi connectivity index (χ1n) is 4.65. The quantitative estimate of drug-likeness (QED) is 0.890. The van der Waals surface area contributed by atoms with Crippen molar-refractivity contribution in [3.05, 3.63) is 53.1 Å². The van der Waals surface area contributed by atoms with Gasteiger partial charge in [0.1, 0.15) is 0 Å². The Hall–Kier alpha value is -1.81. The number of aromatic carboxylic acids is 1. The maximum Gasteiger partial charge on any atom is 0.356 e. The van der Waals surface area contributed by atoms with Crippen LogP contribution in [0.15, 0.2) is 36.8 Å². The average molecular weight is 237 g/mol. The number of imidazole rings is 1. The number of hydrogen-bond donors (Lipinski definition) is 1. The van der Waals surface area contributed by atoms with Crippen molar-refractivity contribution in [1.82, 2.24) is 9.55 Å². The molecule has 0 amide bonds. The van der Waals surface area contributed by atoms with E-state index in [0.717, 1.165) is 5.56 Å². The van der Waals surface area contributed by atoms with Gasteiger partial charge >= 0.3 is 5.97 Å². The van der Waals surface area contributed by atoms with Crippen LogP contribution in [0.2, 0.25) is 5.02 Å². The Kier molecular flexibility index (Phi) is 2.92. The van der Waals surface area contributed by atoms with Crippen LogP contribution < -0.4 is 0 Å². The highest BCUT2D eigenvalue weighted by atomic mass is 35.5. The maximum absolute atomic E-state index is 10.6. The van der Waals surface area contributed by atoms with E-state index in [-0.39, 0.29) is 5.69 Å². The average Bonchev–Trinajstić information content (AvgIpc) is 2.70. The molecule has 5 heteroatoms. The van der Waals surface area contributed by atoms with Gasteiger partial charge in [0.05, 0.1) is 6.33 Å². The topological polar surface area (TPSA) is 55.1 Å². The number of halogens is 1. The van der Waals surface area contributed by atoms with Crippen molar-refractivity contribution in [2.45, 2.75) is 6.54 Å². The second-order valence-electron chi connectivity index (χ2n) is 3.33. The normalized spacial score (nSPS) is 10.3. The molecule has 0 spiro atoms. The Labute approximate surface area is 97.1 Å². The fourth-order valence-electron chi connectivity index (χ4n) is 1.38. The van der Waals surface area contributed by atoms with Gasteiger partial charge in [0.25, 0.3) is 0 Å². The van der Waals surface area contributed by atoms with Crippen molar-refractivity contribution < 1.29 is 9.90 Å². The molecule has 0 unspecified atom stereocenters. The number of carboxylic acids is 1. The summed E-state index contributed by atoms with van der Waals surface area (Å²) in [5.74, 6) is -1.03. The predicted octanol–water partition coefficient (Wildman–Crippen LogP) is 2.28. The molecular formula is C11H9ClN2O2. The molecule has 0 radical (unpaired) electrons. The first-order chi connectivity index (χ1) is 7.66. The molecule has 16 heavy (non-hydrogen) atoms. The zero-order valence-electron chi connectivity index (χ0n) is 8.30. The van der Waals surface area contributed by atoms with E-state index in [9.17, 15) is 4.79 Å². The number of carboxylic acid groups (broad SMARTS) is 1. The Bertz CT molecular complexity index is 522. The zero-order chi connectivity index (χ0) is 11.5. The third kappa shape index (κ3) is 2.23. The number of benzene rings is 1. The molecule has 1 aromatic heterocycles. The first-order valence-corrected chi connectivity index (χ1v) is 5.03. The zero-order valence-corrected chi connectivity index (χ0v) is 9.05. The van der Waals surface area contributed by atoms with Gasteiger partial charge in [-0.1, -0.05) is 29.8 Å². The van der Waals surface area contributed by atoms with Gasteiger partial charge in [0.15, 0.2) is 5.69 Å². The Morgan fingerprint density at radius 3 is 2.81 bits per heavy atom. The molecular weight excluding hydrogens is 228 g/mol. The molecule has 0 saturated carbocycles. The van der Waals surface area contributed by atoms with E-state index >= 15 is 0 Å². The Morgan fingerprint density at radius 1 is 1.44 bits per heavy atom. The number of nitrogens with zero attached hydrogens (tertiary/aromatic N) is 2. The fraction of sp³-hybridized carbons (Fsp3) is 0.0909. The van der Waals surface area contributed by atoms with Crippen molar-refractivity contribution in [2.24, 2.45) is 0 Å². The second kappa shape index (κ2) is 4.37. The Morgan fingerprint density at radius 2 is 2.19 bits per heavy atom. The summed E-state index contributed by atoms with van der Waals surface area (Å²) in [7, 11) is 0. The van der Waals surface area contributed by atoms with Gasteiger partial charge < -0.3 is 9.67 Å². The van der Waals surface area contributed by atoms with Gasteiger partial charge in [-0.05, 0) is 11.6 Å². The molecule has 82 valence electrons. The Balaban J connectivity index is 2.21. The van der Waals surface area contributed by atoms with Crippen LogP contribution in [0.3, 0.4) is 0 Å². The van der Waals surface area contributed by atoms with E-state index in [1.807, 2.05) is 18.2 Å². The molecule has 0 bridgehead atoms. The van der Waals surface area contributed by atoms with Crippen LogP contribution in [0.1, 0.15) is 16.1 Å². The number of hydrogen-bond acceptors (Lipinski definition) is 2. The van der Waals surface area contributed by atoms with E-state index in [1.54, 1.807) is 10.6 Å². The van der Waals surface area contributed by atoms with Crippen molar-refractivity contribution in [1.29, 1.82) is 0 Å². The summed E-state index contributed by atoms with van der Waals surface area (Å²) in [4.78, 5) is 14.4. The minimum Gasteiger partial charge on any atom is -0.476 e. The second-order valence-corrected chi connectivity index (χ2v) is 3.74. The van der Waals surface area contributed by atoms with Crippen molar-refractivity contribution >= 4 is 17.6 Å². The molecule has 0 aliphatic carbocycles. The van der Waals surface area contributed by atoms with Crippen LogP contribution in [0.4, 0.5) is 0 Å². The summed E-state index contributed by atoms with van der Waals surface area (Å²) in [5.41, 5.74) is 0.963. The van der Waals surface area contributed by atoms with Gasteiger partial charge in [0, 0.05) is 17.8 Å². The van der Waals surface area contributed by atoms with Crippen LogP contribution in [0.5, 0.6) is 0 Å². The van der Waals surface area contributed by atoms with E-state index in [2.05, 4.69) is 4.98 Å². The molecule has 1 heterocycles. The van der Waals surface area contributed by atoms with Crippen molar-refractivity contribution in [3.63, 3.8) is 0 Å². The van der Waals surface area contributed by atoms with Gasteiger partial charge in [-0.3, -0.25) is 0 Å². The fourth-order valence-corrected chi connectivity index (χ4v) is 1.58. The van der Waals surface area contributed by atoms with Gasteiger partial charge in [-0.25, -0.2) is 9.78 Å². The first kappa shape index (κ1) is 10.7. The number of rotatable bonds is 3. The lowest BCUT2D eigenvalue weighted by Crippen LogP contribution is -1.98. The number of aromatic nitrogens is 2. The van der Waals surface area contributed by atoms with Crippen LogP contribution in [0.25, 0.3) is 0 Å². The minimum absolute atomic E-state index is 0.0343. The summed E-state index contributed by atoms with van der Waals surface area (Å²) >= 11 is 5.99. The van der Waals surface area contributed by atoms with Gasteiger partial charge in [0.2, 0.25) is 0 Å². The molecule has 0 fully saturated rings. The summed E-state index contributed by atoms with van der Waals surface area (Å²) < 4.78 is 1.69. The standard InChI is InChI=1S/C11H9ClN2O2/c12-9-4-2-1-3-8(9)5-14-6-10(11(15)16)13-7-14/h1-4,6-7H,5H2,(H,15,16). The molecule has 2 aromatic rings. The van der Waals surface area contributed by atoms with Crippen LogP contribution in [-0.2, 0) is 6.54 Å².